The van der Waals surface area contributed by atoms with Gasteiger partial charge in [0.2, 0.25) is 0 Å². The molecule has 1 aromatic carbocycles. The summed E-state index contributed by atoms with van der Waals surface area (Å²) in [6.07, 6.45) is 2.36. The van der Waals surface area contributed by atoms with Crippen LogP contribution in [0, 0.1) is 0 Å². The van der Waals surface area contributed by atoms with Gasteiger partial charge in [0, 0.05) is 6.54 Å². The van der Waals surface area contributed by atoms with Crippen molar-refractivity contribution in [2.75, 3.05) is 0 Å². The topological polar surface area (TPSA) is 30.7 Å². The molecule has 18 heavy (non-hydrogen) atoms. The van der Waals surface area contributed by atoms with E-state index in [1.54, 1.807) is 0 Å². The molecule has 4 heteroatoms. The molecule has 1 aliphatic carbocycles. The Morgan fingerprint density at radius 2 is 1.94 bits per heavy atom. The van der Waals surface area contributed by atoms with Gasteiger partial charge in [-0.3, -0.25) is 0 Å². The molecule has 0 spiro atoms. The van der Waals surface area contributed by atoms with Crippen molar-refractivity contribution in [2.24, 2.45) is 0 Å². The Hall–Kier alpha value is -1.16. The number of nitrogens with zero attached hydrogens (tertiary/aromatic N) is 3. The van der Waals surface area contributed by atoms with Gasteiger partial charge in [0.25, 0.3) is 0 Å². The molecule has 94 valence electrons. The molecule has 3 nitrogen and oxygen atoms in total. The maximum atomic E-state index is 4.45. The molecule has 0 saturated heterocycles. The average molecular weight is 306 g/mol. The highest BCUT2D eigenvalue weighted by Crippen LogP contribution is 2.52. The maximum Gasteiger partial charge on any atom is 0.143 e. The Bertz CT molecular complexity index is 543. The number of hydrogen-bond donors (Lipinski definition) is 0. The lowest BCUT2D eigenvalue weighted by atomic mass is 9.95. The van der Waals surface area contributed by atoms with E-state index in [9.17, 15) is 0 Å². The number of alkyl halides is 1. The average Bonchev–Trinajstić information content (AvgIpc) is 3.13. The summed E-state index contributed by atoms with van der Waals surface area (Å²) in [5.74, 6) is 2.15. The molecule has 0 radical (unpaired) electrons. The van der Waals surface area contributed by atoms with E-state index in [1.165, 1.54) is 18.4 Å². The molecule has 0 N–H and O–H groups in total. The standard InChI is InChI=1S/C14H16BrN3/c1-2-18-12(10-15)16-17-13(18)14(8-9-14)11-6-4-3-5-7-11/h3-7H,2,8-10H2,1H3. The van der Waals surface area contributed by atoms with Crippen molar-refractivity contribution in [3.05, 3.63) is 47.5 Å². The fraction of sp³-hybridized carbons (Fsp3) is 0.429. The van der Waals surface area contributed by atoms with Crippen molar-refractivity contribution in [3.8, 4) is 0 Å². The molecular weight excluding hydrogens is 290 g/mol. The second-order valence-electron chi connectivity index (χ2n) is 4.77. The van der Waals surface area contributed by atoms with Gasteiger partial charge in [-0.2, -0.15) is 0 Å². The van der Waals surface area contributed by atoms with E-state index in [4.69, 9.17) is 0 Å². The van der Waals surface area contributed by atoms with Crippen molar-refractivity contribution in [1.29, 1.82) is 0 Å². The highest BCUT2D eigenvalue weighted by atomic mass is 79.9. The summed E-state index contributed by atoms with van der Waals surface area (Å²) < 4.78 is 2.24. The van der Waals surface area contributed by atoms with Gasteiger partial charge >= 0.3 is 0 Å². The molecule has 3 rings (SSSR count). The van der Waals surface area contributed by atoms with Crippen LogP contribution in [0.5, 0.6) is 0 Å². The van der Waals surface area contributed by atoms with Crippen LogP contribution in [0.1, 0.15) is 37.0 Å². The van der Waals surface area contributed by atoms with Crippen molar-refractivity contribution >= 4 is 15.9 Å². The van der Waals surface area contributed by atoms with Crippen molar-refractivity contribution < 1.29 is 0 Å². The van der Waals surface area contributed by atoms with E-state index in [0.717, 1.165) is 23.5 Å². The van der Waals surface area contributed by atoms with Gasteiger partial charge in [-0.15, -0.1) is 10.2 Å². The first kappa shape index (κ1) is 11.9. The second-order valence-corrected chi connectivity index (χ2v) is 5.33. The second kappa shape index (κ2) is 4.50. The maximum absolute atomic E-state index is 4.45. The van der Waals surface area contributed by atoms with Crippen LogP contribution in [0.15, 0.2) is 30.3 Å². The van der Waals surface area contributed by atoms with Gasteiger partial charge in [-0.05, 0) is 25.3 Å². The molecular formula is C14H16BrN3. The van der Waals surface area contributed by atoms with E-state index >= 15 is 0 Å². The molecule has 0 atom stereocenters. The van der Waals surface area contributed by atoms with Gasteiger partial charge in [0.1, 0.15) is 11.6 Å². The zero-order chi connectivity index (χ0) is 12.6. The van der Waals surface area contributed by atoms with Crippen LogP contribution in [0.25, 0.3) is 0 Å². The van der Waals surface area contributed by atoms with Crippen LogP contribution < -0.4 is 0 Å². The van der Waals surface area contributed by atoms with Crippen molar-refractivity contribution in [1.82, 2.24) is 14.8 Å². The summed E-state index contributed by atoms with van der Waals surface area (Å²) in [5.41, 5.74) is 1.48. The molecule has 1 fully saturated rings. The normalized spacial score (nSPS) is 16.8. The minimum atomic E-state index is 0.116. The minimum absolute atomic E-state index is 0.116. The number of hydrogen-bond acceptors (Lipinski definition) is 2. The van der Waals surface area contributed by atoms with Gasteiger partial charge < -0.3 is 4.57 Å². The molecule has 1 saturated carbocycles. The first-order valence-electron chi connectivity index (χ1n) is 6.36. The number of halogens is 1. The Balaban J connectivity index is 2.08. The zero-order valence-electron chi connectivity index (χ0n) is 10.4. The van der Waals surface area contributed by atoms with Crippen LogP contribution in [-0.2, 0) is 17.3 Å². The van der Waals surface area contributed by atoms with Crippen LogP contribution in [0.3, 0.4) is 0 Å². The first-order chi connectivity index (χ1) is 8.81. The number of rotatable bonds is 4. The molecule has 0 aliphatic heterocycles. The summed E-state index contributed by atoms with van der Waals surface area (Å²) >= 11 is 3.48. The minimum Gasteiger partial charge on any atom is -0.314 e. The van der Waals surface area contributed by atoms with Gasteiger partial charge in [-0.1, -0.05) is 46.3 Å². The summed E-state index contributed by atoms with van der Waals surface area (Å²) in [7, 11) is 0. The third-order valence-electron chi connectivity index (χ3n) is 3.77. The third kappa shape index (κ3) is 1.70. The van der Waals surface area contributed by atoms with E-state index in [0.29, 0.717) is 0 Å². The zero-order valence-corrected chi connectivity index (χ0v) is 12.0. The quantitative estimate of drug-likeness (QED) is 0.812. The molecule has 0 amide bonds. The summed E-state index contributed by atoms with van der Waals surface area (Å²) in [4.78, 5) is 0. The molecule has 1 aromatic heterocycles. The van der Waals surface area contributed by atoms with Crippen LogP contribution in [-0.4, -0.2) is 14.8 Å². The van der Waals surface area contributed by atoms with Gasteiger partial charge in [-0.25, -0.2) is 0 Å². The molecule has 0 unspecified atom stereocenters. The smallest absolute Gasteiger partial charge is 0.143 e. The Morgan fingerprint density at radius 1 is 1.22 bits per heavy atom. The predicted molar refractivity (Wildman–Crippen MR) is 74.8 cm³/mol. The van der Waals surface area contributed by atoms with E-state index in [1.807, 2.05) is 0 Å². The lowest BCUT2D eigenvalue weighted by molar-refractivity contribution is 0.628. The van der Waals surface area contributed by atoms with Gasteiger partial charge in [0.15, 0.2) is 0 Å². The van der Waals surface area contributed by atoms with Crippen LogP contribution >= 0.6 is 15.9 Å². The summed E-state index contributed by atoms with van der Waals surface area (Å²) in [5, 5.41) is 9.52. The molecule has 1 aliphatic rings. The SMILES string of the molecule is CCn1c(CBr)nnc1C1(c2ccccc2)CC1. The van der Waals surface area contributed by atoms with Crippen molar-refractivity contribution in [2.45, 2.75) is 37.1 Å². The monoisotopic (exact) mass is 305 g/mol. The third-order valence-corrected chi connectivity index (χ3v) is 4.27. The predicted octanol–water partition coefficient (Wildman–Crippen LogP) is 3.27. The lowest BCUT2D eigenvalue weighted by Gasteiger charge is -2.16. The van der Waals surface area contributed by atoms with E-state index < -0.39 is 0 Å². The first-order valence-corrected chi connectivity index (χ1v) is 7.48. The highest BCUT2D eigenvalue weighted by molar-refractivity contribution is 9.08. The van der Waals surface area contributed by atoms with Gasteiger partial charge in [0.05, 0.1) is 10.7 Å². The molecule has 0 bridgehead atoms. The number of benzene rings is 1. The van der Waals surface area contributed by atoms with Crippen molar-refractivity contribution in [3.63, 3.8) is 0 Å². The summed E-state index contributed by atoms with van der Waals surface area (Å²) in [6, 6.07) is 10.7. The summed E-state index contributed by atoms with van der Waals surface area (Å²) in [6.45, 7) is 3.08. The number of aromatic nitrogens is 3. The fourth-order valence-electron chi connectivity index (χ4n) is 2.64. The Morgan fingerprint density at radius 3 is 2.50 bits per heavy atom. The Kier molecular flexibility index (Phi) is 2.98. The highest BCUT2D eigenvalue weighted by Gasteiger charge is 2.49. The van der Waals surface area contributed by atoms with Crippen LogP contribution in [0.4, 0.5) is 0 Å². The lowest BCUT2D eigenvalue weighted by Crippen LogP contribution is -2.17. The fourth-order valence-corrected chi connectivity index (χ4v) is 3.06. The Labute approximate surface area is 115 Å². The van der Waals surface area contributed by atoms with E-state index in [-0.39, 0.29) is 5.41 Å². The van der Waals surface area contributed by atoms with E-state index in [2.05, 4.69) is 67.9 Å². The van der Waals surface area contributed by atoms with Crippen LogP contribution in [0.2, 0.25) is 0 Å². The largest absolute Gasteiger partial charge is 0.314 e. The molecule has 1 heterocycles. The molecule has 2 aromatic rings.